The highest BCUT2D eigenvalue weighted by Gasteiger charge is 2.13. The molecule has 1 rings (SSSR count). The van der Waals surface area contributed by atoms with E-state index >= 15 is 0 Å². The van der Waals surface area contributed by atoms with Crippen LogP contribution in [0.15, 0.2) is 30.3 Å². The van der Waals surface area contributed by atoms with E-state index in [2.05, 4.69) is 4.72 Å². The average molecular weight is 262 g/mol. The molecule has 1 N–H and O–H groups in total. The average Bonchev–Trinajstić information content (AvgIpc) is 2.27. The largest absolute Gasteiger partial charge is 0.212 e. The first-order valence-corrected chi connectivity index (χ1v) is 7.32. The van der Waals surface area contributed by atoms with E-state index in [4.69, 9.17) is 11.6 Å². The fourth-order valence-corrected chi connectivity index (χ4v) is 2.78. The second-order valence-electron chi connectivity index (χ2n) is 3.73. The van der Waals surface area contributed by atoms with E-state index in [1.165, 1.54) is 0 Å². The summed E-state index contributed by atoms with van der Waals surface area (Å²) in [6.07, 6.45) is 0.519. The van der Waals surface area contributed by atoms with Crippen molar-refractivity contribution in [2.45, 2.75) is 19.4 Å². The fourth-order valence-electron chi connectivity index (χ4n) is 1.29. The minimum Gasteiger partial charge on any atom is -0.212 e. The summed E-state index contributed by atoms with van der Waals surface area (Å²) in [5, 5.41) is 0. The highest BCUT2D eigenvalue weighted by atomic mass is 35.5. The molecule has 0 fully saturated rings. The molecule has 0 aliphatic carbocycles. The smallest absolute Gasteiger partial charge is 0.212 e. The van der Waals surface area contributed by atoms with E-state index in [0.717, 1.165) is 5.56 Å². The van der Waals surface area contributed by atoms with E-state index in [0.29, 0.717) is 6.42 Å². The normalized spacial score (nSPS) is 13.6. The van der Waals surface area contributed by atoms with Crippen LogP contribution in [-0.2, 0) is 16.4 Å². The maximum atomic E-state index is 11.6. The maximum absolute atomic E-state index is 11.6. The van der Waals surface area contributed by atoms with Crippen molar-refractivity contribution in [3.8, 4) is 0 Å². The highest BCUT2D eigenvalue weighted by molar-refractivity contribution is 7.89. The topological polar surface area (TPSA) is 46.2 Å². The van der Waals surface area contributed by atoms with Crippen LogP contribution < -0.4 is 4.72 Å². The zero-order valence-corrected chi connectivity index (χ0v) is 10.8. The summed E-state index contributed by atoms with van der Waals surface area (Å²) >= 11 is 5.55. The van der Waals surface area contributed by atoms with Crippen LogP contribution in [0, 0.1) is 0 Å². The molecule has 0 saturated heterocycles. The number of nitrogens with one attached hydrogen (secondary N) is 1. The second-order valence-corrected chi connectivity index (χ2v) is 5.91. The van der Waals surface area contributed by atoms with E-state index in [-0.39, 0.29) is 17.7 Å². The van der Waals surface area contributed by atoms with Crippen molar-refractivity contribution < 1.29 is 8.42 Å². The van der Waals surface area contributed by atoms with Gasteiger partial charge in [-0.05, 0) is 18.9 Å². The number of aryl methyl sites for hydroxylation is 1. The maximum Gasteiger partial charge on any atom is 0.212 e. The molecule has 1 unspecified atom stereocenters. The number of hydrogen-bond acceptors (Lipinski definition) is 2. The van der Waals surface area contributed by atoms with Crippen LogP contribution in [0.2, 0.25) is 0 Å². The van der Waals surface area contributed by atoms with Crippen LogP contribution >= 0.6 is 11.6 Å². The quantitative estimate of drug-likeness (QED) is 0.794. The van der Waals surface area contributed by atoms with Gasteiger partial charge in [-0.3, -0.25) is 0 Å². The molecular formula is C11H16ClNO2S. The summed E-state index contributed by atoms with van der Waals surface area (Å²) in [6.45, 7) is 1.74. The van der Waals surface area contributed by atoms with Gasteiger partial charge in [0, 0.05) is 11.9 Å². The predicted octanol–water partition coefficient (Wildman–Crippen LogP) is 1.78. The number of halogens is 1. The van der Waals surface area contributed by atoms with E-state index in [1.807, 2.05) is 30.3 Å². The van der Waals surface area contributed by atoms with Crippen molar-refractivity contribution in [3.63, 3.8) is 0 Å². The Hall–Kier alpha value is -0.580. The van der Waals surface area contributed by atoms with Gasteiger partial charge in [-0.25, -0.2) is 13.1 Å². The lowest BCUT2D eigenvalue weighted by molar-refractivity contribution is 0.570. The van der Waals surface area contributed by atoms with Crippen molar-refractivity contribution >= 4 is 21.6 Å². The van der Waals surface area contributed by atoms with Crippen molar-refractivity contribution in [2.75, 3.05) is 11.6 Å². The molecule has 1 aromatic carbocycles. The highest BCUT2D eigenvalue weighted by Crippen LogP contribution is 2.02. The second kappa shape index (κ2) is 6.23. The predicted molar refractivity (Wildman–Crippen MR) is 67.3 cm³/mol. The molecule has 0 heterocycles. The first-order valence-electron chi connectivity index (χ1n) is 5.13. The zero-order valence-electron chi connectivity index (χ0n) is 9.19. The third-order valence-corrected chi connectivity index (χ3v) is 4.08. The van der Waals surface area contributed by atoms with Gasteiger partial charge < -0.3 is 0 Å². The fraction of sp³-hybridized carbons (Fsp3) is 0.455. The molecular weight excluding hydrogens is 246 g/mol. The van der Waals surface area contributed by atoms with Crippen molar-refractivity contribution in [2.24, 2.45) is 0 Å². The Bertz CT molecular complexity index is 405. The lowest BCUT2D eigenvalue weighted by Crippen LogP contribution is -2.35. The first kappa shape index (κ1) is 13.5. The Labute approximate surface area is 102 Å². The SMILES string of the molecule is CC(CCl)NS(=O)(=O)CCc1ccccc1. The monoisotopic (exact) mass is 261 g/mol. The zero-order chi connectivity index (χ0) is 12.0. The van der Waals surface area contributed by atoms with Gasteiger partial charge >= 0.3 is 0 Å². The van der Waals surface area contributed by atoms with Crippen molar-refractivity contribution in [1.29, 1.82) is 0 Å². The molecule has 90 valence electrons. The number of benzene rings is 1. The molecule has 0 bridgehead atoms. The molecule has 0 aliphatic rings. The minimum atomic E-state index is -3.23. The molecule has 0 spiro atoms. The third kappa shape index (κ3) is 4.96. The van der Waals surface area contributed by atoms with Gasteiger partial charge in [-0.1, -0.05) is 30.3 Å². The van der Waals surface area contributed by atoms with Crippen molar-refractivity contribution in [1.82, 2.24) is 4.72 Å². The third-order valence-electron chi connectivity index (χ3n) is 2.11. The lowest BCUT2D eigenvalue weighted by Gasteiger charge is -2.10. The Kier molecular flexibility index (Phi) is 5.25. The molecule has 1 atom stereocenters. The first-order chi connectivity index (χ1) is 7.53. The van der Waals surface area contributed by atoms with Gasteiger partial charge in [0.25, 0.3) is 0 Å². The van der Waals surface area contributed by atoms with Gasteiger partial charge in [0.05, 0.1) is 5.75 Å². The summed E-state index contributed by atoms with van der Waals surface area (Å²) in [5.41, 5.74) is 1.02. The molecule has 0 radical (unpaired) electrons. The van der Waals surface area contributed by atoms with Crippen LogP contribution in [-0.4, -0.2) is 26.1 Å². The lowest BCUT2D eigenvalue weighted by atomic mass is 10.2. The van der Waals surface area contributed by atoms with Crippen LogP contribution in [0.1, 0.15) is 12.5 Å². The standard InChI is InChI=1S/C11H16ClNO2S/c1-10(9-12)13-16(14,15)8-7-11-5-3-2-4-6-11/h2-6,10,13H,7-9H2,1H3. The summed E-state index contributed by atoms with van der Waals surface area (Å²) < 4.78 is 25.7. The molecule has 0 amide bonds. The Morgan fingerprint density at radius 2 is 1.94 bits per heavy atom. The van der Waals surface area contributed by atoms with Crippen LogP contribution in [0.25, 0.3) is 0 Å². The van der Waals surface area contributed by atoms with Crippen LogP contribution in [0.3, 0.4) is 0 Å². The summed E-state index contributed by atoms with van der Waals surface area (Å²) in [4.78, 5) is 0. The molecule has 5 heteroatoms. The van der Waals surface area contributed by atoms with Crippen LogP contribution in [0.5, 0.6) is 0 Å². The van der Waals surface area contributed by atoms with E-state index in [9.17, 15) is 8.42 Å². The number of hydrogen-bond donors (Lipinski definition) is 1. The summed E-state index contributed by atoms with van der Waals surface area (Å²) in [6, 6.07) is 9.32. The number of alkyl halides is 1. The Morgan fingerprint density at radius 1 is 1.31 bits per heavy atom. The molecule has 0 aliphatic heterocycles. The van der Waals surface area contributed by atoms with Gasteiger partial charge in [-0.15, -0.1) is 11.6 Å². The molecule has 16 heavy (non-hydrogen) atoms. The molecule has 1 aromatic rings. The van der Waals surface area contributed by atoms with Crippen LogP contribution in [0.4, 0.5) is 0 Å². The van der Waals surface area contributed by atoms with Crippen molar-refractivity contribution in [3.05, 3.63) is 35.9 Å². The molecule has 3 nitrogen and oxygen atoms in total. The molecule has 0 saturated carbocycles. The summed E-state index contributed by atoms with van der Waals surface area (Å²) in [5.74, 6) is 0.378. The number of sulfonamides is 1. The van der Waals surface area contributed by atoms with Gasteiger partial charge in [-0.2, -0.15) is 0 Å². The van der Waals surface area contributed by atoms with E-state index in [1.54, 1.807) is 6.92 Å². The minimum absolute atomic E-state index is 0.0955. The molecule has 0 aromatic heterocycles. The summed E-state index contributed by atoms with van der Waals surface area (Å²) in [7, 11) is -3.23. The van der Waals surface area contributed by atoms with Gasteiger partial charge in [0.15, 0.2) is 0 Å². The Balaban J connectivity index is 2.49. The number of rotatable bonds is 6. The Morgan fingerprint density at radius 3 is 2.50 bits per heavy atom. The van der Waals surface area contributed by atoms with Gasteiger partial charge in [0.2, 0.25) is 10.0 Å². The van der Waals surface area contributed by atoms with E-state index < -0.39 is 10.0 Å². The van der Waals surface area contributed by atoms with Gasteiger partial charge in [0.1, 0.15) is 0 Å².